The van der Waals surface area contributed by atoms with Crippen LogP contribution < -0.4 is 9.47 Å². The molecule has 1 saturated heterocycles. The Balaban J connectivity index is 1.59. The molecule has 0 aromatic heterocycles. The van der Waals surface area contributed by atoms with Gasteiger partial charge in [-0.1, -0.05) is 37.3 Å². The molecule has 27 heavy (non-hydrogen) atoms. The van der Waals surface area contributed by atoms with E-state index in [1.807, 2.05) is 50.2 Å². The van der Waals surface area contributed by atoms with Crippen LogP contribution in [-0.2, 0) is 6.42 Å². The summed E-state index contributed by atoms with van der Waals surface area (Å²) in [6, 6.07) is 15.1. The molecule has 0 radical (unpaired) electrons. The van der Waals surface area contributed by atoms with E-state index in [2.05, 4.69) is 4.90 Å². The summed E-state index contributed by atoms with van der Waals surface area (Å²) in [5.74, 6) is 1.23. The van der Waals surface area contributed by atoms with E-state index >= 15 is 0 Å². The first kappa shape index (κ1) is 19.2. The van der Waals surface area contributed by atoms with E-state index in [1.165, 1.54) is 0 Å². The van der Waals surface area contributed by atoms with E-state index in [1.54, 1.807) is 12.1 Å². The topological polar surface area (TPSA) is 64.8 Å². The van der Waals surface area contributed by atoms with Crippen molar-refractivity contribution in [3.8, 4) is 11.5 Å². The van der Waals surface area contributed by atoms with Gasteiger partial charge in [0.25, 0.3) is 0 Å². The molecule has 1 heterocycles. The molecule has 0 amide bonds. The quantitative estimate of drug-likeness (QED) is 0.517. The maximum Gasteiger partial charge on any atom is 0.314 e. The summed E-state index contributed by atoms with van der Waals surface area (Å²) in [5.41, 5.74) is 0.350. The molecule has 6 heteroatoms. The first-order valence-corrected chi connectivity index (χ1v) is 9.36. The maximum absolute atomic E-state index is 11.5. The van der Waals surface area contributed by atoms with Crippen LogP contribution in [0.15, 0.2) is 48.5 Å². The Morgan fingerprint density at radius 1 is 1.19 bits per heavy atom. The second kappa shape index (κ2) is 8.39. The first-order chi connectivity index (χ1) is 13.0. The van der Waals surface area contributed by atoms with E-state index in [4.69, 9.17) is 9.47 Å². The van der Waals surface area contributed by atoms with Crippen LogP contribution in [0.1, 0.15) is 25.8 Å². The molecule has 2 aromatic rings. The van der Waals surface area contributed by atoms with Crippen LogP contribution in [0.25, 0.3) is 0 Å². The second-order valence-electron chi connectivity index (χ2n) is 7.11. The Morgan fingerprint density at radius 2 is 1.96 bits per heavy atom. The molecule has 0 saturated carbocycles. The highest BCUT2D eigenvalue weighted by atomic mass is 16.6. The molecule has 6 nitrogen and oxygen atoms in total. The molecule has 2 aromatic carbocycles. The van der Waals surface area contributed by atoms with Gasteiger partial charge in [0.2, 0.25) is 0 Å². The summed E-state index contributed by atoms with van der Waals surface area (Å²) >= 11 is 0. The fourth-order valence-corrected chi connectivity index (χ4v) is 3.52. The lowest BCUT2D eigenvalue weighted by atomic mass is 10.1. The third-order valence-electron chi connectivity index (χ3n) is 4.94. The molecule has 1 unspecified atom stereocenters. The number of nitro groups is 1. The van der Waals surface area contributed by atoms with Crippen LogP contribution in [-0.4, -0.2) is 41.7 Å². The fourth-order valence-electron chi connectivity index (χ4n) is 3.52. The minimum absolute atomic E-state index is 0.0899. The van der Waals surface area contributed by atoms with E-state index in [9.17, 15) is 10.1 Å². The average molecular weight is 370 g/mol. The Hall–Kier alpha value is -2.60. The van der Waals surface area contributed by atoms with Crippen molar-refractivity contribution in [2.45, 2.75) is 32.3 Å². The lowest BCUT2D eigenvalue weighted by Crippen LogP contribution is -2.37. The zero-order valence-electron chi connectivity index (χ0n) is 15.9. The maximum atomic E-state index is 11.5. The van der Waals surface area contributed by atoms with Crippen molar-refractivity contribution in [2.24, 2.45) is 0 Å². The van der Waals surface area contributed by atoms with Gasteiger partial charge in [0.1, 0.15) is 18.0 Å². The van der Waals surface area contributed by atoms with Crippen molar-refractivity contribution < 1.29 is 14.4 Å². The molecule has 3 rings (SSSR count). The van der Waals surface area contributed by atoms with E-state index < -0.39 is 5.60 Å². The van der Waals surface area contributed by atoms with Crippen LogP contribution >= 0.6 is 0 Å². The van der Waals surface area contributed by atoms with Crippen molar-refractivity contribution in [3.05, 3.63) is 64.2 Å². The van der Waals surface area contributed by atoms with Gasteiger partial charge in [0.05, 0.1) is 4.92 Å². The lowest BCUT2D eigenvalue weighted by molar-refractivity contribution is -0.386. The number of hydrogen-bond donors (Lipinski definition) is 0. The van der Waals surface area contributed by atoms with Crippen LogP contribution in [0.5, 0.6) is 11.5 Å². The van der Waals surface area contributed by atoms with Gasteiger partial charge in [-0.3, -0.25) is 15.0 Å². The van der Waals surface area contributed by atoms with Gasteiger partial charge >= 0.3 is 5.69 Å². The van der Waals surface area contributed by atoms with E-state index in [0.29, 0.717) is 24.3 Å². The van der Waals surface area contributed by atoms with Crippen LogP contribution in [0.3, 0.4) is 0 Å². The molecule has 1 aliphatic heterocycles. The van der Waals surface area contributed by atoms with Gasteiger partial charge in [0, 0.05) is 31.6 Å². The molecule has 0 aliphatic carbocycles. The van der Waals surface area contributed by atoms with Crippen molar-refractivity contribution >= 4 is 5.69 Å². The largest absolute Gasteiger partial charge is 0.492 e. The third kappa shape index (κ3) is 4.77. The Morgan fingerprint density at radius 3 is 2.67 bits per heavy atom. The highest BCUT2D eigenvalue weighted by Crippen LogP contribution is 2.36. The number of likely N-dealkylation sites (tertiary alicyclic amines) is 1. The Bertz CT molecular complexity index is 781. The minimum atomic E-state index is -0.441. The molecular formula is C21H26N2O4. The lowest BCUT2D eigenvalue weighted by Gasteiger charge is -2.26. The summed E-state index contributed by atoms with van der Waals surface area (Å²) < 4.78 is 11.9. The standard InChI is InChI=1S/C21H26N2O4/c1-3-17-8-7-11-19(20(17)23(24)25)27-21(2)12-13-22(16-21)14-15-26-18-9-5-4-6-10-18/h4-11H,3,12-16H2,1-2H3. The van der Waals surface area contributed by atoms with Gasteiger partial charge in [-0.25, -0.2) is 0 Å². The van der Waals surface area contributed by atoms with Gasteiger partial charge in [-0.2, -0.15) is 0 Å². The predicted molar refractivity (Wildman–Crippen MR) is 105 cm³/mol. The summed E-state index contributed by atoms with van der Waals surface area (Å²) in [5, 5.41) is 11.5. The number of para-hydroxylation sites is 2. The molecule has 0 bridgehead atoms. The van der Waals surface area contributed by atoms with Crippen LogP contribution in [0.4, 0.5) is 5.69 Å². The summed E-state index contributed by atoms with van der Waals surface area (Å²) in [4.78, 5) is 13.5. The molecule has 144 valence electrons. The smallest absolute Gasteiger partial charge is 0.314 e. The average Bonchev–Trinajstić information content (AvgIpc) is 3.02. The van der Waals surface area contributed by atoms with Crippen molar-refractivity contribution in [3.63, 3.8) is 0 Å². The molecular weight excluding hydrogens is 344 g/mol. The zero-order chi connectivity index (χ0) is 19.3. The molecule has 1 aliphatic rings. The van der Waals surface area contributed by atoms with Crippen molar-refractivity contribution in [1.29, 1.82) is 0 Å². The number of nitro benzene ring substituents is 1. The minimum Gasteiger partial charge on any atom is -0.492 e. The van der Waals surface area contributed by atoms with Gasteiger partial charge in [-0.05, 0) is 31.5 Å². The number of nitrogens with zero attached hydrogens (tertiary/aromatic N) is 2. The predicted octanol–water partition coefficient (Wildman–Crippen LogP) is 4.08. The highest BCUT2D eigenvalue weighted by molar-refractivity contribution is 5.53. The van der Waals surface area contributed by atoms with Crippen molar-refractivity contribution in [2.75, 3.05) is 26.2 Å². The molecule has 0 N–H and O–H groups in total. The molecule has 0 spiro atoms. The summed E-state index contributed by atoms with van der Waals surface area (Å²) in [6.45, 7) is 6.94. The fraction of sp³-hybridized carbons (Fsp3) is 0.429. The number of aryl methyl sites for hydroxylation is 1. The van der Waals surface area contributed by atoms with Crippen LogP contribution in [0.2, 0.25) is 0 Å². The number of ether oxygens (including phenoxy) is 2. The summed E-state index contributed by atoms with van der Waals surface area (Å²) in [6.07, 6.45) is 1.43. The Kier molecular flexibility index (Phi) is 5.96. The first-order valence-electron chi connectivity index (χ1n) is 9.36. The number of hydrogen-bond acceptors (Lipinski definition) is 5. The van der Waals surface area contributed by atoms with Gasteiger partial charge in [-0.15, -0.1) is 0 Å². The van der Waals surface area contributed by atoms with E-state index in [0.717, 1.165) is 31.8 Å². The molecule has 1 atom stereocenters. The zero-order valence-corrected chi connectivity index (χ0v) is 15.9. The molecule has 1 fully saturated rings. The number of benzene rings is 2. The van der Waals surface area contributed by atoms with Gasteiger partial charge < -0.3 is 9.47 Å². The van der Waals surface area contributed by atoms with E-state index in [-0.39, 0.29) is 10.6 Å². The second-order valence-corrected chi connectivity index (χ2v) is 7.11. The van der Waals surface area contributed by atoms with Gasteiger partial charge in [0.15, 0.2) is 5.75 Å². The number of rotatable bonds is 8. The third-order valence-corrected chi connectivity index (χ3v) is 4.94. The van der Waals surface area contributed by atoms with Crippen LogP contribution in [0, 0.1) is 10.1 Å². The monoisotopic (exact) mass is 370 g/mol. The normalized spacial score (nSPS) is 19.8. The highest BCUT2D eigenvalue weighted by Gasteiger charge is 2.37. The summed E-state index contributed by atoms with van der Waals surface area (Å²) in [7, 11) is 0. The SMILES string of the molecule is CCc1cccc(OC2(C)CCN(CCOc3ccccc3)C2)c1[N+](=O)[O-]. The Labute approximate surface area is 159 Å². The van der Waals surface area contributed by atoms with Crippen molar-refractivity contribution in [1.82, 2.24) is 4.90 Å².